The molecule has 18 heavy (non-hydrogen) atoms. The van der Waals surface area contributed by atoms with E-state index >= 15 is 0 Å². The lowest BCUT2D eigenvalue weighted by Gasteiger charge is -2.28. The van der Waals surface area contributed by atoms with Crippen LogP contribution in [0.25, 0.3) is 0 Å². The Kier molecular flexibility index (Phi) is 3.99. The third-order valence-corrected chi connectivity index (χ3v) is 3.26. The summed E-state index contributed by atoms with van der Waals surface area (Å²) in [4.78, 5) is 14.0. The molecule has 0 radical (unpaired) electrons. The van der Waals surface area contributed by atoms with E-state index in [1.54, 1.807) is 4.90 Å². The molecule has 1 aliphatic heterocycles. The maximum Gasteiger partial charge on any atom is 0.246 e. The summed E-state index contributed by atoms with van der Waals surface area (Å²) in [5.74, 6) is 0.0571. The Labute approximate surface area is 108 Å². The van der Waals surface area contributed by atoms with E-state index in [1.165, 1.54) is 5.56 Å². The molecule has 1 N–H and O–H groups in total. The van der Waals surface area contributed by atoms with Gasteiger partial charge in [-0.05, 0) is 25.5 Å². The second-order valence-electron chi connectivity index (χ2n) is 4.77. The van der Waals surface area contributed by atoms with Crippen molar-refractivity contribution >= 4 is 11.6 Å². The van der Waals surface area contributed by atoms with E-state index in [2.05, 4.69) is 18.3 Å². The van der Waals surface area contributed by atoms with Crippen LogP contribution < -0.4 is 10.2 Å². The molecular weight excluding hydrogens is 228 g/mol. The number of anilines is 1. The van der Waals surface area contributed by atoms with Gasteiger partial charge in [-0.25, -0.2) is 0 Å². The number of aryl methyl sites for hydroxylation is 2. The molecule has 1 saturated heterocycles. The van der Waals surface area contributed by atoms with Crippen molar-refractivity contribution in [1.82, 2.24) is 5.32 Å². The number of nitrogens with zero attached hydrogens (tertiary/aromatic N) is 1. The van der Waals surface area contributed by atoms with Gasteiger partial charge in [-0.3, -0.25) is 4.79 Å². The number of nitrogens with one attached hydrogen (secondary N) is 1. The van der Waals surface area contributed by atoms with Crippen LogP contribution in [0.15, 0.2) is 18.2 Å². The number of rotatable bonds is 2. The Morgan fingerprint density at radius 3 is 2.83 bits per heavy atom. The summed E-state index contributed by atoms with van der Waals surface area (Å²) in [6, 6.07) is 5.87. The van der Waals surface area contributed by atoms with Gasteiger partial charge in [0.25, 0.3) is 0 Å². The Morgan fingerprint density at radius 1 is 1.44 bits per heavy atom. The first-order chi connectivity index (χ1) is 8.59. The van der Waals surface area contributed by atoms with Gasteiger partial charge < -0.3 is 15.0 Å². The van der Waals surface area contributed by atoms with Crippen molar-refractivity contribution in [3.05, 3.63) is 29.3 Å². The SMILES string of the molecule is Cc1ccc(N(C)C(=O)C2COCCN2)c(C)c1. The minimum Gasteiger partial charge on any atom is -0.378 e. The third kappa shape index (κ3) is 2.71. The number of hydrogen-bond acceptors (Lipinski definition) is 3. The van der Waals surface area contributed by atoms with Crippen molar-refractivity contribution < 1.29 is 9.53 Å². The second kappa shape index (κ2) is 5.50. The number of carbonyl (C=O) groups excluding carboxylic acids is 1. The molecule has 0 saturated carbocycles. The molecule has 1 aromatic carbocycles. The molecule has 0 bridgehead atoms. The topological polar surface area (TPSA) is 41.6 Å². The quantitative estimate of drug-likeness (QED) is 0.856. The number of amides is 1. The Hall–Kier alpha value is -1.39. The van der Waals surface area contributed by atoms with Crippen LogP contribution in [0.3, 0.4) is 0 Å². The van der Waals surface area contributed by atoms with Gasteiger partial charge in [0.05, 0.1) is 13.2 Å². The maximum atomic E-state index is 12.3. The van der Waals surface area contributed by atoms with Crippen molar-refractivity contribution in [3.8, 4) is 0 Å². The van der Waals surface area contributed by atoms with E-state index < -0.39 is 0 Å². The highest BCUT2D eigenvalue weighted by Gasteiger charge is 2.25. The zero-order valence-electron chi connectivity index (χ0n) is 11.2. The van der Waals surface area contributed by atoms with Gasteiger partial charge in [-0.1, -0.05) is 17.7 Å². The van der Waals surface area contributed by atoms with Gasteiger partial charge in [0.15, 0.2) is 0 Å². The van der Waals surface area contributed by atoms with Crippen LogP contribution in [-0.2, 0) is 9.53 Å². The summed E-state index contributed by atoms with van der Waals surface area (Å²) in [6.45, 7) is 5.94. The first-order valence-corrected chi connectivity index (χ1v) is 6.25. The Morgan fingerprint density at radius 2 is 2.22 bits per heavy atom. The summed E-state index contributed by atoms with van der Waals surface area (Å²) in [5.41, 5.74) is 3.27. The van der Waals surface area contributed by atoms with Crippen molar-refractivity contribution in [1.29, 1.82) is 0 Å². The van der Waals surface area contributed by atoms with Crippen LogP contribution in [-0.4, -0.2) is 38.8 Å². The summed E-state index contributed by atoms with van der Waals surface area (Å²) < 4.78 is 5.33. The highest BCUT2D eigenvalue weighted by Crippen LogP contribution is 2.20. The standard InChI is InChI=1S/C14H20N2O2/c1-10-4-5-13(11(2)8-10)16(3)14(17)12-9-18-7-6-15-12/h4-5,8,12,15H,6-7,9H2,1-3H3. The fraction of sp³-hybridized carbons (Fsp3) is 0.500. The number of ether oxygens (including phenoxy) is 1. The van der Waals surface area contributed by atoms with Crippen LogP contribution in [0, 0.1) is 13.8 Å². The number of likely N-dealkylation sites (N-methyl/N-ethyl adjacent to an activating group) is 1. The van der Waals surface area contributed by atoms with Gasteiger partial charge in [-0.15, -0.1) is 0 Å². The lowest BCUT2D eigenvalue weighted by molar-refractivity contribution is -0.123. The van der Waals surface area contributed by atoms with Crippen LogP contribution in [0.4, 0.5) is 5.69 Å². The smallest absolute Gasteiger partial charge is 0.246 e. The molecule has 1 heterocycles. The van der Waals surface area contributed by atoms with Crippen molar-refractivity contribution in [2.45, 2.75) is 19.9 Å². The summed E-state index contributed by atoms with van der Waals surface area (Å²) in [6.07, 6.45) is 0. The lowest BCUT2D eigenvalue weighted by atomic mass is 10.1. The summed E-state index contributed by atoms with van der Waals surface area (Å²) in [5, 5.41) is 3.18. The molecule has 1 aromatic rings. The largest absolute Gasteiger partial charge is 0.378 e. The molecule has 98 valence electrons. The van der Waals surface area contributed by atoms with Gasteiger partial charge in [0.1, 0.15) is 6.04 Å². The molecular formula is C14H20N2O2. The predicted octanol–water partition coefficient (Wildman–Crippen LogP) is 1.25. The first-order valence-electron chi connectivity index (χ1n) is 6.25. The zero-order valence-corrected chi connectivity index (χ0v) is 11.2. The van der Waals surface area contributed by atoms with Crippen LogP contribution in [0.5, 0.6) is 0 Å². The Balaban J connectivity index is 2.14. The fourth-order valence-corrected chi connectivity index (χ4v) is 2.26. The average molecular weight is 248 g/mol. The Bertz CT molecular complexity index is 439. The summed E-state index contributed by atoms with van der Waals surface area (Å²) >= 11 is 0. The third-order valence-electron chi connectivity index (χ3n) is 3.26. The van der Waals surface area contributed by atoms with Crippen molar-refractivity contribution in [2.75, 3.05) is 31.7 Å². The normalized spacial score (nSPS) is 19.6. The zero-order chi connectivity index (χ0) is 13.1. The fourth-order valence-electron chi connectivity index (χ4n) is 2.26. The van der Waals surface area contributed by atoms with Gasteiger partial charge in [-0.2, -0.15) is 0 Å². The average Bonchev–Trinajstić information content (AvgIpc) is 2.38. The number of morpholine rings is 1. The minimum absolute atomic E-state index is 0.0571. The number of hydrogen-bond donors (Lipinski definition) is 1. The van der Waals surface area contributed by atoms with E-state index in [-0.39, 0.29) is 11.9 Å². The minimum atomic E-state index is -0.232. The van der Waals surface area contributed by atoms with E-state index in [9.17, 15) is 4.79 Å². The van der Waals surface area contributed by atoms with E-state index in [0.717, 1.165) is 17.8 Å². The van der Waals surface area contributed by atoms with E-state index in [4.69, 9.17) is 4.74 Å². The molecule has 4 heteroatoms. The highest BCUT2D eigenvalue weighted by atomic mass is 16.5. The molecule has 0 aromatic heterocycles. The molecule has 0 aliphatic carbocycles. The summed E-state index contributed by atoms with van der Waals surface area (Å²) in [7, 11) is 1.82. The number of carbonyl (C=O) groups is 1. The molecule has 1 unspecified atom stereocenters. The first kappa shape index (κ1) is 13.1. The van der Waals surface area contributed by atoms with Crippen LogP contribution >= 0.6 is 0 Å². The molecule has 2 rings (SSSR count). The number of benzene rings is 1. The molecule has 0 spiro atoms. The van der Waals surface area contributed by atoms with Gasteiger partial charge in [0.2, 0.25) is 5.91 Å². The van der Waals surface area contributed by atoms with Gasteiger partial charge >= 0.3 is 0 Å². The maximum absolute atomic E-state index is 12.3. The lowest BCUT2D eigenvalue weighted by Crippen LogP contribution is -2.51. The van der Waals surface area contributed by atoms with E-state index in [1.807, 2.05) is 26.1 Å². The second-order valence-corrected chi connectivity index (χ2v) is 4.77. The molecule has 1 amide bonds. The highest BCUT2D eigenvalue weighted by molar-refractivity contribution is 5.97. The van der Waals surface area contributed by atoms with Crippen molar-refractivity contribution in [3.63, 3.8) is 0 Å². The monoisotopic (exact) mass is 248 g/mol. The molecule has 1 aliphatic rings. The van der Waals surface area contributed by atoms with E-state index in [0.29, 0.717) is 13.2 Å². The van der Waals surface area contributed by atoms with Crippen molar-refractivity contribution in [2.24, 2.45) is 0 Å². The van der Waals surface area contributed by atoms with Crippen LogP contribution in [0.1, 0.15) is 11.1 Å². The van der Waals surface area contributed by atoms with Crippen LogP contribution in [0.2, 0.25) is 0 Å². The molecule has 1 fully saturated rings. The van der Waals surface area contributed by atoms with Gasteiger partial charge in [0, 0.05) is 19.3 Å². The molecule has 4 nitrogen and oxygen atoms in total. The predicted molar refractivity (Wildman–Crippen MR) is 71.9 cm³/mol. The molecule has 1 atom stereocenters.